The molecular weight excluding hydrogens is 242 g/mol. The molecule has 2 rings (SSSR count). The van der Waals surface area contributed by atoms with Crippen molar-refractivity contribution in [1.82, 2.24) is 4.98 Å². The van der Waals surface area contributed by atoms with Gasteiger partial charge in [0.1, 0.15) is 11.6 Å². The molecule has 0 saturated carbocycles. The highest BCUT2D eigenvalue weighted by Crippen LogP contribution is 2.20. The number of aliphatic hydroxyl groups excluding tert-OH is 1. The second-order valence-electron chi connectivity index (χ2n) is 4.02. The van der Waals surface area contributed by atoms with Gasteiger partial charge in [-0.25, -0.2) is 4.98 Å². The van der Waals surface area contributed by atoms with E-state index < -0.39 is 0 Å². The van der Waals surface area contributed by atoms with Gasteiger partial charge in [0.05, 0.1) is 0 Å². The zero-order valence-corrected chi connectivity index (χ0v) is 10.3. The first-order valence-corrected chi connectivity index (χ1v) is 5.87. The average Bonchev–Trinajstić information content (AvgIpc) is 2.42. The summed E-state index contributed by atoms with van der Waals surface area (Å²) in [6.45, 7) is 0.127. The van der Waals surface area contributed by atoms with Crippen molar-refractivity contribution in [2.75, 3.05) is 6.61 Å². The van der Waals surface area contributed by atoms with E-state index in [1.165, 1.54) is 0 Å². The molecule has 0 aliphatic rings. The number of nitrogens with two attached hydrogens (primary N) is 1. The van der Waals surface area contributed by atoms with Gasteiger partial charge in [-0.15, -0.1) is 0 Å². The molecule has 0 aliphatic carbocycles. The second-order valence-corrected chi connectivity index (χ2v) is 4.02. The van der Waals surface area contributed by atoms with E-state index in [-0.39, 0.29) is 12.4 Å². The maximum atomic E-state index is 8.83. The minimum Gasteiger partial charge on any atom is -0.439 e. The number of pyridine rings is 1. The molecule has 0 unspecified atom stereocenters. The fraction of sp³-hybridized carbons (Fsp3) is 0.143. The Morgan fingerprint density at radius 3 is 2.63 bits per heavy atom. The number of aliphatic hydroxyl groups is 1. The summed E-state index contributed by atoms with van der Waals surface area (Å²) in [6, 6.07) is 10.7. The molecular formula is C14H15N3O2. The molecule has 0 fully saturated rings. The van der Waals surface area contributed by atoms with E-state index in [2.05, 4.69) is 4.98 Å². The number of hydrogen-bond donors (Lipinski definition) is 3. The number of benzene rings is 1. The van der Waals surface area contributed by atoms with Gasteiger partial charge in [0.2, 0.25) is 5.88 Å². The predicted molar refractivity (Wildman–Crippen MR) is 72.6 cm³/mol. The van der Waals surface area contributed by atoms with Gasteiger partial charge in [-0.1, -0.05) is 12.1 Å². The van der Waals surface area contributed by atoms with Crippen LogP contribution in [0.25, 0.3) is 0 Å². The van der Waals surface area contributed by atoms with Crippen molar-refractivity contribution < 1.29 is 9.84 Å². The van der Waals surface area contributed by atoms with Crippen LogP contribution in [0.5, 0.6) is 11.6 Å². The standard InChI is InChI=1S/C14H15N3O2/c15-14(16)11-5-7-17-13(9-11)19-12-3-1-10(2-4-12)6-8-18/h1-5,7,9,18H,6,8H2,(H3,15,16). The highest BCUT2D eigenvalue weighted by atomic mass is 16.5. The summed E-state index contributed by atoms with van der Waals surface area (Å²) in [5.74, 6) is 1.02. The van der Waals surface area contributed by atoms with E-state index in [1.54, 1.807) is 18.3 Å². The Morgan fingerprint density at radius 1 is 1.26 bits per heavy atom. The smallest absolute Gasteiger partial charge is 0.219 e. The molecule has 0 aliphatic heterocycles. The number of nitrogens with zero attached hydrogens (tertiary/aromatic N) is 1. The SMILES string of the molecule is N=C(N)c1ccnc(Oc2ccc(CCO)cc2)c1. The molecule has 0 atom stereocenters. The van der Waals surface area contributed by atoms with Gasteiger partial charge >= 0.3 is 0 Å². The number of ether oxygens (including phenoxy) is 1. The summed E-state index contributed by atoms with van der Waals surface area (Å²) < 4.78 is 5.58. The predicted octanol–water partition coefficient (Wildman–Crippen LogP) is 1.69. The molecule has 19 heavy (non-hydrogen) atoms. The minimum atomic E-state index is -0.0226. The van der Waals surface area contributed by atoms with E-state index in [9.17, 15) is 0 Å². The van der Waals surface area contributed by atoms with Crippen LogP contribution in [0.2, 0.25) is 0 Å². The summed E-state index contributed by atoms with van der Waals surface area (Å²) >= 11 is 0. The van der Waals surface area contributed by atoms with Crippen molar-refractivity contribution in [2.45, 2.75) is 6.42 Å². The van der Waals surface area contributed by atoms with Crippen LogP contribution in [0.15, 0.2) is 42.6 Å². The number of nitrogens with one attached hydrogen (secondary N) is 1. The van der Waals surface area contributed by atoms with E-state index in [1.807, 2.05) is 24.3 Å². The highest BCUT2D eigenvalue weighted by molar-refractivity contribution is 5.95. The molecule has 1 aromatic heterocycles. The number of hydrogen-bond acceptors (Lipinski definition) is 4. The molecule has 4 N–H and O–H groups in total. The van der Waals surface area contributed by atoms with Crippen molar-refractivity contribution in [2.24, 2.45) is 5.73 Å². The molecule has 0 bridgehead atoms. The van der Waals surface area contributed by atoms with Crippen LogP contribution in [-0.2, 0) is 6.42 Å². The Kier molecular flexibility index (Phi) is 4.10. The first-order valence-electron chi connectivity index (χ1n) is 5.87. The quantitative estimate of drug-likeness (QED) is 0.561. The van der Waals surface area contributed by atoms with Gasteiger partial charge in [0.15, 0.2) is 0 Å². The summed E-state index contributed by atoms with van der Waals surface area (Å²) in [5.41, 5.74) is 7.02. The number of aromatic nitrogens is 1. The second kappa shape index (κ2) is 5.97. The first kappa shape index (κ1) is 13.0. The Hall–Kier alpha value is -2.40. The average molecular weight is 257 g/mol. The fourth-order valence-corrected chi connectivity index (χ4v) is 1.61. The van der Waals surface area contributed by atoms with Crippen molar-refractivity contribution in [3.63, 3.8) is 0 Å². The molecule has 2 aromatic rings. The number of nitrogen functional groups attached to an aromatic ring is 1. The molecule has 5 nitrogen and oxygen atoms in total. The molecule has 1 heterocycles. The normalized spacial score (nSPS) is 10.2. The van der Waals surface area contributed by atoms with Gasteiger partial charge in [-0.05, 0) is 30.2 Å². The van der Waals surface area contributed by atoms with Gasteiger partial charge < -0.3 is 15.6 Å². The van der Waals surface area contributed by atoms with Gasteiger partial charge in [-0.3, -0.25) is 5.41 Å². The maximum absolute atomic E-state index is 8.83. The molecule has 0 spiro atoms. The minimum absolute atomic E-state index is 0.0226. The lowest BCUT2D eigenvalue weighted by Gasteiger charge is -2.06. The van der Waals surface area contributed by atoms with E-state index in [0.29, 0.717) is 23.6 Å². The Labute approximate surface area is 111 Å². The highest BCUT2D eigenvalue weighted by Gasteiger charge is 2.02. The van der Waals surface area contributed by atoms with Crippen molar-refractivity contribution in [3.05, 3.63) is 53.7 Å². The number of amidine groups is 1. The van der Waals surface area contributed by atoms with Crippen LogP contribution < -0.4 is 10.5 Å². The lowest BCUT2D eigenvalue weighted by molar-refractivity contribution is 0.299. The summed E-state index contributed by atoms with van der Waals surface area (Å²) in [5, 5.41) is 16.2. The van der Waals surface area contributed by atoms with Crippen LogP contribution >= 0.6 is 0 Å². The van der Waals surface area contributed by atoms with Crippen LogP contribution in [-0.4, -0.2) is 22.5 Å². The van der Waals surface area contributed by atoms with Crippen LogP contribution in [0.3, 0.4) is 0 Å². The largest absolute Gasteiger partial charge is 0.439 e. The Bertz CT molecular complexity index is 567. The molecule has 0 amide bonds. The van der Waals surface area contributed by atoms with Gasteiger partial charge in [0, 0.05) is 24.4 Å². The third kappa shape index (κ3) is 3.53. The van der Waals surface area contributed by atoms with E-state index in [4.69, 9.17) is 21.0 Å². The maximum Gasteiger partial charge on any atom is 0.219 e. The zero-order valence-electron chi connectivity index (χ0n) is 10.3. The van der Waals surface area contributed by atoms with E-state index >= 15 is 0 Å². The third-order valence-electron chi connectivity index (χ3n) is 2.59. The zero-order chi connectivity index (χ0) is 13.7. The molecule has 0 saturated heterocycles. The Balaban J connectivity index is 2.12. The lowest BCUT2D eigenvalue weighted by atomic mass is 10.1. The van der Waals surface area contributed by atoms with Crippen LogP contribution in [0.4, 0.5) is 0 Å². The van der Waals surface area contributed by atoms with Crippen LogP contribution in [0.1, 0.15) is 11.1 Å². The molecule has 1 aromatic carbocycles. The molecule has 0 radical (unpaired) electrons. The van der Waals surface area contributed by atoms with Crippen LogP contribution in [0, 0.1) is 5.41 Å². The molecule has 98 valence electrons. The number of rotatable bonds is 5. The fourth-order valence-electron chi connectivity index (χ4n) is 1.61. The molecule has 5 heteroatoms. The first-order chi connectivity index (χ1) is 9.19. The van der Waals surface area contributed by atoms with Crippen molar-refractivity contribution in [3.8, 4) is 11.6 Å². The lowest BCUT2D eigenvalue weighted by Crippen LogP contribution is -2.11. The monoisotopic (exact) mass is 257 g/mol. The summed E-state index contributed by atoms with van der Waals surface area (Å²) in [4.78, 5) is 4.06. The Morgan fingerprint density at radius 2 is 2.00 bits per heavy atom. The van der Waals surface area contributed by atoms with E-state index in [0.717, 1.165) is 5.56 Å². The van der Waals surface area contributed by atoms with Crippen molar-refractivity contribution in [1.29, 1.82) is 5.41 Å². The third-order valence-corrected chi connectivity index (χ3v) is 2.59. The van der Waals surface area contributed by atoms with Gasteiger partial charge in [0.25, 0.3) is 0 Å². The van der Waals surface area contributed by atoms with Crippen molar-refractivity contribution >= 4 is 5.84 Å². The summed E-state index contributed by atoms with van der Waals surface area (Å²) in [6.07, 6.45) is 2.17. The van der Waals surface area contributed by atoms with Gasteiger partial charge in [-0.2, -0.15) is 0 Å². The summed E-state index contributed by atoms with van der Waals surface area (Å²) in [7, 11) is 0. The topological polar surface area (TPSA) is 92.2 Å².